The lowest BCUT2D eigenvalue weighted by Crippen LogP contribution is -2.30. The zero-order chi connectivity index (χ0) is 14.3. The molecule has 0 atom stereocenters. The van der Waals surface area contributed by atoms with Gasteiger partial charge in [0.15, 0.2) is 11.6 Å². The molecule has 1 amide bonds. The molecular formula is C14H20F2N2O. The number of amides is 1. The van der Waals surface area contributed by atoms with Gasteiger partial charge in [-0.1, -0.05) is 13.8 Å². The van der Waals surface area contributed by atoms with Gasteiger partial charge in [0.1, 0.15) is 0 Å². The second kappa shape index (κ2) is 7.84. The Balaban J connectivity index is 2.37. The minimum absolute atomic E-state index is 0.140. The molecule has 1 aromatic carbocycles. The summed E-state index contributed by atoms with van der Waals surface area (Å²) in [5.74, 6) is -2.33. The van der Waals surface area contributed by atoms with Crippen molar-refractivity contribution in [2.24, 2.45) is 0 Å². The van der Waals surface area contributed by atoms with Crippen LogP contribution in [0.2, 0.25) is 0 Å². The quantitative estimate of drug-likeness (QED) is 0.772. The van der Waals surface area contributed by atoms with Gasteiger partial charge >= 0.3 is 0 Å². The molecule has 0 aliphatic carbocycles. The van der Waals surface area contributed by atoms with Crippen LogP contribution in [-0.4, -0.2) is 37.0 Å². The number of carbonyl (C=O) groups excluding carboxylic acids is 1. The SMILES string of the molecule is CCN(CC)CCCNC(=O)c1ccc(F)c(F)c1. The van der Waals surface area contributed by atoms with Crippen LogP contribution < -0.4 is 5.32 Å². The normalized spacial score (nSPS) is 10.8. The predicted molar refractivity (Wildman–Crippen MR) is 71.1 cm³/mol. The highest BCUT2D eigenvalue weighted by molar-refractivity contribution is 5.94. The Kier molecular flexibility index (Phi) is 6.42. The van der Waals surface area contributed by atoms with E-state index in [9.17, 15) is 13.6 Å². The smallest absolute Gasteiger partial charge is 0.251 e. The number of nitrogens with zero attached hydrogens (tertiary/aromatic N) is 1. The molecule has 0 radical (unpaired) electrons. The predicted octanol–water partition coefficient (Wildman–Crippen LogP) is 2.43. The van der Waals surface area contributed by atoms with Gasteiger partial charge in [-0.25, -0.2) is 8.78 Å². The average Bonchev–Trinajstić information content (AvgIpc) is 2.42. The molecule has 0 saturated carbocycles. The molecule has 1 aromatic rings. The Labute approximate surface area is 112 Å². The van der Waals surface area contributed by atoms with Crippen LogP contribution in [0, 0.1) is 11.6 Å². The van der Waals surface area contributed by atoms with Gasteiger partial charge in [-0.2, -0.15) is 0 Å². The molecule has 0 bridgehead atoms. The molecule has 3 nitrogen and oxygen atoms in total. The highest BCUT2D eigenvalue weighted by Gasteiger charge is 2.09. The third kappa shape index (κ3) is 4.95. The number of rotatable bonds is 7. The van der Waals surface area contributed by atoms with E-state index in [1.807, 2.05) is 0 Å². The fourth-order valence-corrected chi connectivity index (χ4v) is 1.78. The van der Waals surface area contributed by atoms with Crippen LogP contribution in [0.1, 0.15) is 30.6 Å². The summed E-state index contributed by atoms with van der Waals surface area (Å²) in [7, 11) is 0. The van der Waals surface area contributed by atoms with Gasteiger partial charge in [0.25, 0.3) is 5.91 Å². The first-order valence-corrected chi connectivity index (χ1v) is 6.54. The number of hydrogen-bond donors (Lipinski definition) is 1. The third-order valence-electron chi connectivity index (χ3n) is 3.01. The Morgan fingerprint density at radius 3 is 2.47 bits per heavy atom. The zero-order valence-electron chi connectivity index (χ0n) is 11.4. The van der Waals surface area contributed by atoms with E-state index < -0.39 is 11.6 Å². The number of hydrogen-bond acceptors (Lipinski definition) is 2. The van der Waals surface area contributed by atoms with Crippen molar-refractivity contribution in [3.8, 4) is 0 Å². The zero-order valence-corrected chi connectivity index (χ0v) is 11.4. The topological polar surface area (TPSA) is 32.3 Å². The van der Waals surface area contributed by atoms with Crippen molar-refractivity contribution in [2.45, 2.75) is 20.3 Å². The average molecular weight is 270 g/mol. The van der Waals surface area contributed by atoms with Crippen molar-refractivity contribution in [3.05, 3.63) is 35.4 Å². The molecule has 1 rings (SSSR count). The number of nitrogens with one attached hydrogen (secondary N) is 1. The summed E-state index contributed by atoms with van der Waals surface area (Å²) in [5.41, 5.74) is 0.140. The van der Waals surface area contributed by atoms with Crippen LogP contribution in [0.25, 0.3) is 0 Å². The molecule has 0 spiro atoms. The van der Waals surface area contributed by atoms with Crippen LogP contribution in [0.15, 0.2) is 18.2 Å². The van der Waals surface area contributed by atoms with Crippen molar-refractivity contribution in [3.63, 3.8) is 0 Å². The van der Waals surface area contributed by atoms with Crippen molar-refractivity contribution >= 4 is 5.91 Å². The van der Waals surface area contributed by atoms with Crippen LogP contribution >= 0.6 is 0 Å². The summed E-state index contributed by atoms with van der Waals surface area (Å²) in [6, 6.07) is 3.15. The molecule has 0 fully saturated rings. The van der Waals surface area contributed by atoms with Gasteiger partial charge in [-0.3, -0.25) is 4.79 Å². The Hall–Kier alpha value is -1.49. The van der Waals surface area contributed by atoms with E-state index in [4.69, 9.17) is 0 Å². The lowest BCUT2D eigenvalue weighted by molar-refractivity contribution is 0.0951. The monoisotopic (exact) mass is 270 g/mol. The Morgan fingerprint density at radius 2 is 1.89 bits per heavy atom. The molecule has 0 aliphatic rings. The van der Waals surface area contributed by atoms with E-state index in [0.29, 0.717) is 6.54 Å². The second-order valence-electron chi connectivity index (χ2n) is 4.27. The molecule has 0 heterocycles. The summed E-state index contributed by atoms with van der Waals surface area (Å²) in [4.78, 5) is 13.9. The molecule has 0 aromatic heterocycles. The summed E-state index contributed by atoms with van der Waals surface area (Å²) >= 11 is 0. The van der Waals surface area contributed by atoms with E-state index >= 15 is 0 Å². The van der Waals surface area contributed by atoms with Gasteiger partial charge in [0.2, 0.25) is 0 Å². The van der Waals surface area contributed by atoms with Gasteiger partial charge in [0.05, 0.1) is 0 Å². The maximum atomic E-state index is 13.0. The summed E-state index contributed by atoms with van der Waals surface area (Å²) in [6.45, 7) is 7.56. The van der Waals surface area contributed by atoms with Gasteiger partial charge in [-0.05, 0) is 44.3 Å². The van der Waals surface area contributed by atoms with Gasteiger partial charge < -0.3 is 10.2 Å². The van der Waals surface area contributed by atoms with Crippen LogP contribution in [-0.2, 0) is 0 Å². The molecule has 0 saturated heterocycles. The molecule has 0 unspecified atom stereocenters. The van der Waals surface area contributed by atoms with Crippen molar-refractivity contribution < 1.29 is 13.6 Å². The van der Waals surface area contributed by atoms with Gasteiger partial charge in [0, 0.05) is 12.1 Å². The molecule has 5 heteroatoms. The van der Waals surface area contributed by atoms with Crippen LogP contribution in [0.3, 0.4) is 0 Å². The van der Waals surface area contributed by atoms with Crippen molar-refractivity contribution in [1.29, 1.82) is 0 Å². The Bertz CT molecular complexity index is 420. The molecule has 19 heavy (non-hydrogen) atoms. The van der Waals surface area contributed by atoms with Crippen LogP contribution in [0.5, 0.6) is 0 Å². The lowest BCUT2D eigenvalue weighted by Gasteiger charge is -2.17. The van der Waals surface area contributed by atoms with E-state index in [1.54, 1.807) is 0 Å². The Morgan fingerprint density at radius 1 is 1.21 bits per heavy atom. The first kappa shape index (κ1) is 15.6. The van der Waals surface area contributed by atoms with E-state index in [1.165, 1.54) is 6.07 Å². The summed E-state index contributed by atoms with van der Waals surface area (Å²) in [6.07, 6.45) is 0.830. The first-order chi connectivity index (χ1) is 9.08. The van der Waals surface area contributed by atoms with E-state index in [2.05, 4.69) is 24.1 Å². The summed E-state index contributed by atoms with van der Waals surface area (Å²) in [5, 5.41) is 2.69. The highest BCUT2D eigenvalue weighted by Crippen LogP contribution is 2.08. The van der Waals surface area contributed by atoms with Crippen molar-refractivity contribution in [2.75, 3.05) is 26.2 Å². The number of halogens is 2. The first-order valence-electron chi connectivity index (χ1n) is 6.54. The lowest BCUT2D eigenvalue weighted by atomic mass is 10.2. The number of benzene rings is 1. The minimum Gasteiger partial charge on any atom is -0.352 e. The standard InChI is InChI=1S/C14H20F2N2O/c1-3-18(4-2)9-5-8-17-14(19)11-6-7-12(15)13(16)10-11/h6-7,10H,3-5,8-9H2,1-2H3,(H,17,19). The molecular weight excluding hydrogens is 250 g/mol. The van der Waals surface area contributed by atoms with Crippen molar-refractivity contribution in [1.82, 2.24) is 10.2 Å². The maximum absolute atomic E-state index is 13.0. The van der Waals surface area contributed by atoms with E-state index in [-0.39, 0.29) is 11.5 Å². The highest BCUT2D eigenvalue weighted by atomic mass is 19.2. The largest absolute Gasteiger partial charge is 0.352 e. The number of carbonyl (C=O) groups is 1. The summed E-state index contributed by atoms with van der Waals surface area (Å²) < 4.78 is 25.7. The fourth-order valence-electron chi connectivity index (χ4n) is 1.78. The fraction of sp³-hybridized carbons (Fsp3) is 0.500. The van der Waals surface area contributed by atoms with Crippen LogP contribution in [0.4, 0.5) is 8.78 Å². The van der Waals surface area contributed by atoms with Gasteiger partial charge in [-0.15, -0.1) is 0 Å². The molecule has 106 valence electrons. The van der Waals surface area contributed by atoms with E-state index in [0.717, 1.165) is 38.2 Å². The third-order valence-corrected chi connectivity index (χ3v) is 3.01. The second-order valence-corrected chi connectivity index (χ2v) is 4.27. The molecule has 1 N–H and O–H groups in total. The molecule has 0 aliphatic heterocycles. The maximum Gasteiger partial charge on any atom is 0.251 e. The minimum atomic E-state index is -1.00.